The first-order chi connectivity index (χ1) is 6.38. The van der Waals surface area contributed by atoms with Crippen molar-refractivity contribution in [2.45, 2.75) is 19.4 Å². The van der Waals surface area contributed by atoms with Crippen molar-refractivity contribution in [3.8, 4) is 0 Å². The van der Waals surface area contributed by atoms with Gasteiger partial charge in [0.2, 0.25) is 5.28 Å². The maximum absolute atomic E-state index is 9.45. The van der Waals surface area contributed by atoms with Crippen LogP contribution < -0.4 is 5.32 Å². The molecule has 14 heavy (non-hydrogen) atoms. The molecule has 0 aliphatic rings. The predicted octanol–water partition coefficient (Wildman–Crippen LogP) is 1.97. The Morgan fingerprint density at radius 2 is 2.14 bits per heavy atom. The second kappa shape index (κ2) is 4.29. The number of anilines is 1. The minimum absolute atomic E-state index is 0.101. The van der Waals surface area contributed by atoms with Crippen LogP contribution >= 0.6 is 23.2 Å². The molecule has 0 saturated heterocycles. The number of nitrogens with zero attached hydrogens (tertiary/aromatic N) is 2. The van der Waals surface area contributed by atoms with Gasteiger partial charge in [0.1, 0.15) is 0 Å². The molecule has 0 bridgehead atoms. The number of hydrogen-bond donors (Lipinski definition) is 2. The molecule has 0 aliphatic heterocycles. The third kappa shape index (κ3) is 3.65. The molecule has 78 valence electrons. The van der Waals surface area contributed by atoms with Gasteiger partial charge in [-0.05, 0) is 25.4 Å². The average molecular weight is 236 g/mol. The summed E-state index contributed by atoms with van der Waals surface area (Å²) in [5.74, 6) is 0. The molecule has 1 rings (SSSR count). The number of hydrogen-bond acceptors (Lipinski definition) is 4. The van der Waals surface area contributed by atoms with E-state index in [4.69, 9.17) is 23.2 Å². The van der Waals surface area contributed by atoms with E-state index in [0.29, 0.717) is 12.2 Å². The van der Waals surface area contributed by atoms with Gasteiger partial charge < -0.3 is 10.4 Å². The fraction of sp³-hybridized carbons (Fsp3) is 0.500. The fourth-order valence-corrected chi connectivity index (χ4v) is 1.14. The maximum Gasteiger partial charge on any atom is 0.223 e. The number of aliphatic hydroxyl groups is 1. The van der Waals surface area contributed by atoms with Gasteiger partial charge in [-0.2, -0.15) is 0 Å². The summed E-state index contributed by atoms with van der Waals surface area (Å²) in [5.41, 5.74) is -0.263. The van der Waals surface area contributed by atoms with Crippen molar-refractivity contribution in [2.75, 3.05) is 11.9 Å². The summed E-state index contributed by atoms with van der Waals surface area (Å²) in [6.45, 7) is 3.73. The number of halogens is 2. The summed E-state index contributed by atoms with van der Waals surface area (Å²) >= 11 is 11.3. The van der Waals surface area contributed by atoms with Crippen molar-refractivity contribution in [2.24, 2.45) is 0 Å². The van der Waals surface area contributed by atoms with E-state index in [2.05, 4.69) is 15.3 Å². The highest BCUT2D eigenvalue weighted by Gasteiger charge is 2.13. The van der Waals surface area contributed by atoms with Crippen LogP contribution in [0.15, 0.2) is 6.20 Å². The lowest BCUT2D eigenvalue weighted by Crippen LogP contribution is -2.29. The average Bonchev–Trinajstić information content (AvgIpc) is 2.00. The topological polar surface area (TPSA) is 58.0 Å². The van der Waals surface area contributed by atoms with Crippen LogP contribution in [0.3, 0.4) is 0 Å². The molecular weight excluding hydrogens is 225 g/mol. The summed E-state index contributed by atoms with van der Waals surface area (Å²) < 4.78 is 0. The van der Waals surface area contributed by atoms with E-state index in [0.717, 1.165) is 0 Å². The minimum Gasteiger partial charge on any atom is -0.389 e. The Morgan fingerprint density at radius 3 is 2.64 bits per heavy atom. The lowest BCUT2D eigenvalue weighted by Gasteiger charge is -2.18. The largest absolute Gasteiger partial charge is 0.389 e. The van der Waals surface area contributed by atoms with Gasteiger partial charge in [-0.15, -0.1) is 0 Å². The molecular formula is C8H11Cl2N3O. The van der Waals surface area contributed by atoms with Crippen LogP contribution in [0.2, 0.25) is 10.4 Å². The van der Waals surface area contributed by atoms with Gasteiger partial charge in [-0.1, -0.05) is 11.6 Å². The molecule has 1 aromatic rings. The van der Waals surface area contributed by atoms with Crippen molar-refractivity contribution < 1.29 is 5.11 Å². The standard InChI is InChI=1S/C8H11Cl2N3O/c1-8(2,14)4-12-5-3-11-7(10)13-6(5)9/h3,12,14H,4H2,1-2H3. The summed E-state index contributed by atoms with van der Waals surface area (Å²) in [5, 5.41) is 12.7. The summed E-state index contributed by atoms with van der Waals surface area (Å²) in [6, 6.07) is 0. The van der Waals surface area contributed by atoms with Crippen LogP contribution in [0.5, 0.6) is 0 Å². The van der Waals surface area contributed by atoms with E-state index in [1.54, 1.807) is 13.8 Å². The van der Waals surface area contributed by atoms with Gasteiger partial charge in [0.25, 0.3) is 0 Å². The van der Waals surface area contributed by atoms with Crippen LogP contribution in [-0.2, 0) is 0 Å². The van der Waals surface area contributed by atoms with Crippen molar-refractivity contribution in [1.82, 2.24) is 9.97 Å². The molecule has 1 heterocycles. The van der Waals surface area contributed by atoms with E-state index in [1.807, 2.05) is 0 Å². The zero-order valence-electron chi connectivity index (χ0n) is 7.88. The SMILES string of the molecule is CC(C)(O)CNc1cnc(Cl)nc1Cl. The lowest BCUT2D eigenvalue weighted by atomic mass is 10.1. The summed E-state index contributed by atoms with van der Waals surface area (Å²) in [7, 11) is 0. The second-order valence-corrected chi connectivity index (χ2v) is 4.21. The van der Waals surface area contributed by atoms with Gasteiger partial charge in [-0.3, -0.25) is 0 Å². The van der Waals surface area contributed by atoms with E-state index in [9.17, 15) is 5.11 Å². The van der Waals surface area contributed by atoms with Crippen molar-refractivity contribution >= 4 is 28.9 Å². The van der Waals surface area contributed by atoms with Crippen molar-refractivity contribution in [1.29, 1.82) is 0 Å². The molecule has 4 nitrogen and oxygen atoms in total. The van der Waals surface area contributed by atoms with Crippen LogP contribution in [0, 0.1) is 0 Å². The normalized spacial score (nSPS) is 11.5. The van der Waals surface area contributed by atoms with Crippen LogP contribution in [0.25, 0.3) is 0 Å². The predicted molar refractivity (Wildman–Crippen MR) is 56.8 cm³/mol. The monoisotopic (exact) mass is 235 g/mol. The van der Waals surface area contributed by atoms with E-state index in [1.165, 1.54) is 6.20 Å². The van der Waals surface area contributed by atoms with Gasteiger partial charge >= 0.3 is 0 Å². The molecule has 0 fully saturated rings. The highest BCUT2D eigenvalue weighted by molar-refractivity contribution is 6.33. The number of rotatable bonds is 3. The number of nitrogens with one attached hydrogen (secondary N) is 1. The fourth-order valence-electron chi connectivity index (χ4n) is 0.771. The quantitative estimate of drug-likeness (QED) is 0.622. The Bertz CT molecular complexity index is 325. The zero-order chi connectivity index (χ0) is 10.8. The third-order valence-corrected chi connectivity index (χ3v) is 1.89. The number of aromatic nitrogens is 2. The van der Waals surface area contributed by atoms with E-state index >= 15 is 0 Å². The molecule has 0 amide bonds. The Balaban J connectivity index is 2.68. The Kier molecular flexibility index (Phi) is 3.53. The van der Waals surface area contributed by atoms with Gasteiger partial charge in [0, 0.05) is 6.54 Å². The van der Waals surface area contributed by atoms with Gasteiger partial charge in [-0.25, -0.2) is 9.97 Å². The first-order valence-corrected chi connectivity index (χ1v) is 4.78. The molecule has 0 saturated carbocycles. The Morgan fingerprint density at radius 1 is 1.50 bits per heavy atom. The lowest BCUT2D eigenvalue weighted by molar-refractivity contribution is 0.0945. The molecule has 0 aliphatic carbocycles. The third-order valence-electron chi connectivity index (χ3n) is 1.42. The molecule has 0 atom stereocenters. The zero-order valence-corrected chi connectivity index (χ0v) is 9.39. The molecule has 2 N–H and O–H groups in total. The molecule has 0 unspecified atom stereocenters. The van der Waals surface area contributed by atoms with Crippen LogP contribution in [0.4, 0.5) is 5.69 Å². The van der Waals surface area contributed by atoms with Gasteiger partial charge in [0.05, 0.1) is 17.5 Å². The van der Waals surface area contributed by atoms with E-state index in [-0.39, 0.29) is 10.4 Å². The first kappa shape index (κ1) is 11.5. The van der Waals surface area contributed by atoms with Crippen LogP contribution in [-0.4, -0.2) is 27.2 Å². The molecule has 1 aromatic heterocycles. The maximum atomic E-state index is 9.45. The smallest absolute Gasteiger partial charge is 0.223 e. The van der Waals surface area contributed by atoms with Crippen molar-refractivity contribution in [3.63, 3.8) is 0 Å². The molecule has 0 radical (unpaired) electrons. The van der Waals surface area contributed by atoms with Crippen molar-refractivity contribution in [3.05, 3.63) is 16.6 Å². The molecule has 0 aromatic carbocycles. The van der Waals surface area contributed by atoms with E-state index < -0.39 is 5.60 Å². The van der Waals surface area contributed by atoms with Crippen LogP contribution in [0.1, 0.15) is 13.8 Å². The van der Waals surface area contributed by atoms with Gasteiger partial charge in [0.15, 0.2) is 5.15 Å². The highest BCUT2D eigenvalue weighted by atomic mass is 35.5. The first-order valence-electron chi connectivity index (χ1n) is 4.03. The Hall–Kier alpha value is -0.580. The summed E-state index contributed by atoms with van der Waals surface area (Å²) in [6.07, 6.45) is 1.48. The minimum atomic E-state index is -0.817. The highest BCUT2D eigenvalue weighted by Crippen LogP contribution is 2.19. The molecule has 6 heteroatoms. The summed E-state index contributed by atoms with van der Waals surface area (Å²) in [4.78, 5) is 7.52. The molecule has 0 spiro atoms. The second-order valence-electron chi connectivity index (χ2n) is 3.51. The Labute approximate surface area is 92.3 Å².